The molecule has 1 aromatic carbocycles. The largest absolute Gasteiger partial charge is 0.462 e. The van der Waals surface area contributed by atoms with Gasteiger partial charge in [-0.05, 0) is 19.1 Å². The summed E-state index contributed by atoms with van der Waals surface area (Å²) in [7, 11) is 0. The molecule has 0 fully saturated rings. The van der Waals surface area contributed by atoms with Gasteiger partial charge in [0.1, 0.15) is 11.6 Å². The molecule has 0 spiro atoms. The summed E-state index contributed by atoms with van der Waals surface area (Å²) in [5.74, 6) is 0. The van der Waals surface area contributed by atoms with Crippen molar-refractivity contribution in [2.45, 2.75) is 13.5 Å². The minimum Gasteiger partial charge on any atom is -0.462 e. The lowest BCUT2D eigenvalue weighted by Crippen LogP contribution is -2.25. The molecule has 5 nitrogen and oxygen atoms in total. The summed E-state index contributed by atoms with van der Waals surface area (Å²) in [6.45, 7) is 2.25. The van der Waals surface area contributed by atoms with Crippen LogP contribution in [-0.4, -0.2) is 10.9 Å². The SMILES string of the molecule is CCn1c(=O)c2c(=O)c(C=O)coc2c2ccccc21. The highest BCUT2D eigenvalue weighted by Crippen LogP contribution is 2.21. The Morgan fingerprint density at radius 3 is 2.70 bits per heavy atom. The Labute approximate surface area is 113 Å². The lowest BCUT2D eigenvalue weighted by Gasteiger charge is -2.09. The Morgan fingerprint density at radius 2 is 2.00 bits per heavy atom. The lowest BCUT2D eigenvalue weighted by atomic mass is 10.1. The molecule has 0 radical (unpaired) electrons. The molecule has 2 heterocycles. The molecule has 0 amide bonds. The second-order valence-corrected chi connectivity index (χ2v) is 4.41. The van der Waals surface area contributed by atoms with E-state index in [9.17, 15) is 14.4 Å². The number of carbonyl (C=O) groups is 1. The standard InChI is InChI=1S/C15H11NO4/c1-2-16-11-6-4-3-5-10(11)14-12(15(16)19)13(18)9(7-17)8-20-14/h3-8H,2H2,1H3. The topological polar surface area (TPSA) is 69.3 Å². The van der Waals surface area contributed by atoms with E-state index >= 15 is 0 Å². The van der Waals surface area contributed by atoms with Crippen LogP contribution in [0.5, 0.6) is 0 Å². The molecule has 5 heteroatoms. The summed E-state index contributed by atoms with van der Waals surface area (Å²) in [5, 5.41) is 0.605. The van der Waals surface area contributed by atoms with E-state index in [4.69, 9.17) is 4.42 Å². The number of carbonyl (C=O) groups excluding carboxylic acids is 1. The second-order valence-electron chi connectivity index (χ2n) is 4.41. The highest BCUT2D eigenvalue weighted by Gasteiger charge is 2.16. The van der Waals surface area contributed by atoms with Gasteiger partial charge in [0.2, 0.25) is 5.43 Å². The molecule has 0 atom stereocenters. The zero-order valence-electron chi connectivity index (χ0n) is 10.8. The van der Waals surface area contributed by atoms with Crippen molar-refractivity contribution in [3.05, 3.63) is 56.7 Å². The molecule has 0 aliphatic carbocycles. The molecular formula is C15H11NO4. The van der Waals surface area contributed by atoms with Crippen molar-refractivity contribution in [3.8, 4) is 0 Å². The Morgan fingerprint density at radius 1 is 1.25 bits per heavy atom. The predicted octanol–water partition coefficient (Wildman–Crippen LogP) is 1.94. The summed E-state index contributed by atoms with van der Waals surface area (Å²) in [6.07, 6.45) is 1.50. The molecule has 0 N–H and O–H groups in total. The molecule has 3 rings (SSSR count). The molecule has 0 bridgehead atoms. The number of aryl methyl sites for hydroxylation is 1. The number of hydrogen-bond acceptors (Lipinski definition) is 4. The molecule has 0 saturated carbocycles. The fraction of sp³-hybridized carbons (Fsp3) is 0.133. The normalized spacial score (nSPS) is 11.1. The van der Waals surface area contributed by atoms with Crippen LogP contribution in [0.2, 0.25) is 0 Å². The van der Waals surface area contributed by atoms with E-state index in [1.54, 1.807) is 18.2 Å². The summed E-state index contributed by atoms with van der Waals surface area (Å²) >= 11 is 0. The number of para-hydroxylation sites is 1. The lowest BCUT2D eigenvalue weighted by molar-refractivity contribution is 0.112. The van der Waals surface area contributed by atoms with Crippen molar-refractivity contribution in [3.63, 3.8) is 0 Å². The Bertz CT molecular complexity index is 950. The van der Waals surface area contributed by atoms with Crippen molar-refractivity contribution >= 4 is 28.2 Å². The first-order valence-electron chi connectivity index (χ1n) is 6.21. The zero-order chi connectivity index (χ0) is 14.3. The minimum absolute atomic E-state index is 0.0739. The van der Waals surface area contributed by atoms with E-state index in [0.29, 0.717) is 23.7 Å². The van der Waals surface area contributed by atoms with E-state index in [1.807, 2.05) is 13.0 Å². The van der Waals surface area contributed by atoms with Crippen LogP contribution in [0, 0.1) is 0 Å². The number of aromatic nitrogens is 1. The third-order valence-corrected chi connectivity index (χ3v) is 3.36. The van der Waals surface area contributed by atoms with Gasteiger partial charge in [-0.2, -0.15) is 0 Å². The fourth-order valence-corrected chi connectivity index (χ4v) is 2.42. The minimum atomic E-state index is -0.584. The van der Waals surface area contributed by atoms with Crippen molar-refractivity contribution in [1.82, 2.24) is 4.57 Å². The van der Waals surface area contributed by atoms with Crippen LogP contribution in [0.25, 0.3) is 21.9 Å². The first kappa shape index (κ1) is 12.3. The Balaban J connectivity index is 2.72. The number of nitrogens with zero attached hydrogens (tertiary/aromatic N) is 1. The van der Waals surface area contributed by atoms with E-state index in [0.717, 1.165) is 6.26 Å². The van der Waals surface area contributed by atoms with Gasteiger partial charge in [0.25, 0.3) is 5.56 Å². The van der Waals surface area contributed by atoms with Crippen LogP contribution < -0.4 is 11.0 Å². The van der Waals surface area contributed by atoms with Crippen molar-refractivity contribution in [2.24, 2.45) is 0 Å². The molecule has 20 heavy (non-hydrogen) atoms. The molecule has 0 aliphatic heterocycles. The van der Waals surface area contributed by atoms with Crippen LogP contribution in [0.15, 0.2) is 44.5 Å². The summed E-state index contributed by atoms with van der Waals surface area (Å²) in [4.78, 5) is 35.5. The smallest absolute Gasteiger partial charge is 0.266 e. The number of aldehydes is 1. The highest BCUT2D eigenvalue weighted by molar-refractivity contribution is 6.02. The summed E-state index contributed by atoms with van der Waals surface area (Å²) in [5.41, 5.74) is -0.231. The maximum absolute atomic E-state index is 12.4. The third-order valence-electron chi connectivity index (χ3n) is 3.36. The average Bonchev–Trinajstić information content (AvgIpc) is 2.48. The van der Waals surface area contributed by atoms with Crippen molar-refractivity contribution in [2.75, 3.05) is 0 Å². The van der Waals surface area contributed by atoms with Gasteiger partial charge in [-0.1, -0.05) is 12.1 Å². The van der Waals surface area contributed by atoms with E-state index in [2.05, 4.69) is 0 Å². The number of hydrogen-bond donors (Lipinski definition) is 0. The van der Waals surface area contributed by atoms with Gasteiger partial charge in [0, 0.05) is 11.9 Å². The van der Waals surface area contributed by atoms with Crippen molar-refractivity contribution in [1.29, 1.82) is 0 Å². The van der Waals surface area contributed by atoms with E-state index in [1.165, 1.54) is 4.57 Å². The maximum Gasteiger partial charge on any atom is 0.266 e. The van der Waals surface area contributed by atoms with Crippen LogP contribution in [0.1, 0.15) is 17.3 Å². The molecule has 0 aliphatic rings. The summed E-state index contributed by atoms with van der Waals surface area (Å²) in [6, 6.07) is 7.21. The first-order valence-corrected chi connectivity index (χ1v) is 6.21. The van der Waals surface area contributed by atoms with Gasteiger partial charge in [-0.15, -0.1) is 0 Å². The Hall–Kier alpha value is -2.69. The Kier molecular flexibility index (Phi) is 2.75. The second kappa shape index (κ2) is 4.45. The van der Waals surface area contributed by atoms with E-state index in [-0.39, 0.29) is 16.5 Å². The molecule has 2 aromatic heterocycles. The fourth-order valence-electron chi connectivity index (χ4n) is 2.42. The molecular weight excluding hydrogens is 258 g/mol. The molecule has 100 valence electrons. The molecule has 0 unspecified atom stereocenters. The van der Waals surface area contributed by atoms with Crippen molar-refractivity contribution < 1.29 is 9.21 Å². The summed E-state index contributed by atoms with van der Waals surface area (Å²) < 4.78 is 6.87. The number of fused-ring (bicyclic) bond motifs is 3. The van der Waals surface area contributed by atoms with Gasteiger partial charge >= 0.3 is 0 Å². The third kappa shape index (κ3) is 1.53. The number of pyridine rings is 1. The molecule has 0 saturated heterocycles. The van der Waals surface area contributed by atoms with Gasteiger partial charge < -0.3 is 8.98 Å². The number of benzene rings is 1. The van der Waals surface area contributed by atoms with Crippen LogP contribution in [-0.2, 0) is 6.54 Å². The number of rotatable bonds is 2. The van der Waals surface area contributed by atoms with Crippen LogP contribution in [0.3, 0.4) is 0 Å². The van der Waals surface area contributed by atoms with E-state index < -0.39 is 11.0 Å². The maximum atomic E-state index is 12.4. The van der Waals surface area contributed by atoms with Gasteiger partial charge in [0.05, 0.1) is 11.1 Å². The first-order chi connectivity index (χ1) is 9.69. The molecule has 3 aromatic rings. The quantitative estimate of drug-likeness (QED) is 0.526. The van der Waals surface area contributed by atoms with Crippen LogP contribution in [0.4, 0.5) is 0 Å². The predicted molar refractivity (Wildman–Crippen MR) is 75.3 cm³/mol. The van der Waals surface area contributed by atoms with Gasteiger partial charge in [-0.25, -0.2) is 0 Å². The zero-order valence-corrected chi connectivity index (χ0v) is 10.8. The van der Waals surface area contributed by atoms with Gasteiger partial charge in [0.15, 0.2) is 11.9 Å². The van der Waals surface area contributed by atoms with Crippen LogP contribution >= 0.6 is 0 Å². The van der Waals surface area contributed by atoms with Gasteiger partial charge in [-0.3, -0.25) is 14.4 Å². The highest BCUT2D eigenvalue weighted by atomic mass is 16.3. The average molecular weight is 269 g/mol. The monoisotopic (exact) mass is 269 g/mol.